The Morgan fingerprint density at radius 1 is 0.500 bits per heavy atom. The Labute approximate surface area is 246 Å². The first-order valence-corrected chi connectivity index (χ1v) is 15.8. The van der Waals surface area contributed by atoms with Crippen LogP contribution in [-0.4, -0.2) is 62.6 Å². The van der Waals surface area contributed by atoms with Gasteiger partial charge in [0, 0.05) is 56.6 Å². The van der Waals surface area contributed by atoms with E-state index >= 15 is 0 Å². The van der Waals surface area contributed by atoms with Crippen molar-refractivity contribution in [1.82, 2.24) is 0 Å². The zero-order chi connectivity index (χ0) is 29.9. The molecule has 0 aromatic carbocycles. The first-order valence-electron chi connectivity index (χ1n) is 15.8. The molecule has 6 heteroatoms. The lowest BCUT2D eigenvalue weighted by molar-refractivity contribution is 0.0905. The van der Waals surface area contributed by atoms with E-state index in [1.807, 2.05) is 24.9 Å². The summed E-state index contributed by atoms with van der Waals surface area (Å²) >= 11 is 0. The second kappa shape index (κ2) is 12.5. The number of rotatable bonds is 9. The molecule has 40 heavy (non-hydrogen) atoms. The highest BCUT2D eigenvalue weighted by Crippen LogP contribution is 2.48. The molecule has 6 unspecified atom stereocenters. The molecular formula is C34H62N6. The molecular weight excluding hydrogens is 492 g/mol. The molecule has 0 aromatic rings. The Bertz CT molecular complexity index is 961. The van der Waals surface area contributed by atoms with E-state index in [1.165, 1.54) is 12.8 Å². The number of aliphatic imine (C=N–C) groups is 4. The summed E-state index contributed by atoms with van der Waals surface area (Å²) in [6.45, 7) is 23.6. The van der Waals surface area contributed by atoms with Gasteiger partial charge < -0.3 is 11.5 Å². The maximum atomic E-state index is 6.37. The number of hydrogen-bond acceptors (Lipinski definition) is 6. The second-order valence-electron chi connectivity index (χ2n) is 17.6. The molecule has 0 bridgehead atoms. The quantitative estimate of drug-likeness (QED) is 0.302. The molecule has 0 amide bonds. The van der Waals surface area contributed by atoms with Gasteiger partial charge in [0.05, 0.1) is 6.04 Å². The summed E-state index contributed by atoms with van der Waals surface area (Å²) in [6, 6.07) is 0.862. The van der Waals surface area contributed by atoms with Crippen LogP contribution < -0.4 is 11.5 Å². The molecule has 3 saturated carbocycles. The highest BCUT2D eigenvalue weighted by atomic mass is 14.8. The largest absolute Gasteiger partial charge is 0.328 e. The number of nitrogens with zero attached hydrogens (tertiary/aromatic N) is 4. The van der Waals surface area contributed by atoms with Crippen LogP contribution in [0.15, 0.2) is 20.0 Å². The van der Waals surface area contributed by atoms with E-state index in [0.717, 1.165) is 64.6 Å². The summed E-state index contributed by atoms with van der Waals surface area (Å²) in [5, 5.41) is 0. The summed E-state index contributed by atoms with van der Waals surface area (Å²) in [7, 11) is 0. The second-order valence-corrected chi connectivity index (χ2v) is 17.6. The number of nitrogens with two attached hydrogens (primary N) is 2. The molecule has 3 rings (SSSR count). The minimum Gasteiger partial charge on any atom is -0.328 e. The van der Waals surface area contributed by atoms with Gasteiger partial charge in [-0.25, -0.2) is 0 Å². The lowest BCUT2D eigenvalue weighted by Crippen LogP contribution is -2.43. The van der Waals surface area contributed by atoms with E-state index in [9.17, 15) is 0 Å². The highest BCUT2D eigenvalue weighted by Gasteiger charge is 2.42. The van der Waals surface area contributed by atoms with Crippen molar-refractivity contribution in [1.29, 1.82) is 0 Å². The summed E-state index contributed by atoms with van der Waals surface area (Å²) < 4.78 is 0. The van der Waals surface area contributed by atoms with Crippen LogP contribution in [0.4, 0.5) is 0 Å². The van der Waals surface area contributed by atoms with Crippen LogP contribution in [0.5, 0.6) is 0 Å². The molecule has 0 heterocycles. The predicted molar refractivity (Wildman–Crippen MR) is 176 cm³/mol. The average Bonchev–Trinajstić information content (AvgIpc) is 2.71. The van der Waals surface area contributed by atoms with Crippen molar-refractivity contribution in [2.24, 2.45) is 63.9 Å². The molecule has 3 fully saturated rings. The standard InChI is InChI=1S/C34H62N6/c1-29(2)14-26(35)16-32(7,20-29)23-37-10-11-38-25-34(9)19-28(18-31(5,6)22-34)40-13-12-39-24-33(8)17-27(36)15-30(3,4)21-33/h10-13,26-28H,14-25,35-36H2,1-9H3/b37-10+,38-11+,39-12+,40-13+. The van der Waals surface area contributed by atoms with Crippen molar-refractivity contribution in [3.05, 3.63) is 0 Å². The van der Waals surface area contributed by atoms with Crippen LogP contribution >= 0.6 is 0 Å². The van der Waals surface area contributed by atoms with Gasteiger partial charge in [-0.1, -0.05) is 62.3 Å². The fraction of sp³-hybridized carbons (Fsp3) is 0.882. The summed E-state index contributed by atoms with van der Waals surface area (Å²) in [5.74, 6) is 0. The average molecular weight is 555 g/mol. The Balaban J connectivity index is 1.50. The third-order valence-electron chi connectivity index (χ3n) is 9.54. The summed E-state index contributed by atoms with van der Waals surface area (Å²) in [6.07, 6.45) is 17.7. The van der Waals surface area contributed by atoms with Crippen molar-refractivity contribution < 1.29 is 0 Å². The zero-order valence-electron chi connectivity index (χ0n) is 27.5. The maximum absolute atomic E-state index is 6.37. The minimum atomic E-state index is 0.134. The van der Waals surface area contributed by atoms with Crippen LogP contribution in [0.2, 0.25) is 0 Å². The maximum Gasteiger partial charge on any atom is 0.0511 e. The van der Waals surface area contributed by atoms with Crippen LogP contribution in [0, 0.1) is 32.5 Å². The molecule has 0 aromatic heterocycles. The fourth-order valence-corrected chi connectivity index (χ4v) is 9.60. The van der Waals surface area contributed by atoms with E-state index in [1.54, 1.807) is 0 Å². The van der Waals surface area contributed by atoms with Gasteiger partial charge >= 0.3 is 0 Å². The van der Waals surface area contributed by atoms with Gasteiger partial charge in [-0.3, -0.25) is 20.0 Å². The summed E-state index contributed by atoms with van der Waals surface area (Å²) in [4.78, 5) is 19.3. The number of hydrogen-bond donors (Lipinski definition) is 2. The van der Waals surface area contributed by atoms with Gasteiger partial charge in [-0.05, 0) is 90.3 Å². The molecule has 4 N–H and O–H groups in total. The lowest BCUT2D eigenvalue weighted by atomic mass is 9.63. The van der Waals surface area contributed by atoms with Gasteiger partial charge in [0.1, 0.15) is 0 Å². The van der Waals surface area contributed by atoms with E-state index < -0.39 is 0 Å². The third kappa shape index (κ3) is 10.5. The van der Waals surface area contributed by atoms with E-state index in [2.05, 4.69) is 62.3 Å². The molecule has 0 saturated heterocycles. The molecule has 3 aliphatic carbocycles. The van der Waals surface area contributed by atoms with Crippen LogP contribution in [0.1, 0.15) is 120 Å². The first-order chi connectivity index (χ1) is 18.3. The smallest absolute Gasteiger partial charge is 0.0511 e. The molecule has 6 atom stereocenters. The van der Waals surface area contributed by atoms with Crippen molar-refractivity contribution >= 4 is 24.9 Å². The van der Waals surface area contributed by atoms with Gasteiger partial charge in [0.2, 0.25) is 0 Å². The first kappa shape index (κ1) is 33.1. The Hall–Kier alpha value is -1.40. The summed E-state index contributed by atoms with van der Waals surface area (Å²) in [5.41, 5.74) is 14.1. The molecule has 0 spiro atoms. The van der Waals surface area contributed by atoms with Crippen LogP contribution in [0.3, 0.4) is 0 Å². The van der Waals surface area contributed by atoms with Crippen LogP contribution in [-0.2, 0) is 0 Å². The predicted octanol–water partition coefficient (Wildman–Crippen LogP) is 6.94. The zero-order valence-corrected chi connectivity index (χ0v) is 27.5. The van der Waals surface area contributed by atoms with Crippen molar-refractivity contribution in [3.8, 4) is 0 Å². The Morgan fingerprint density at radius 3 is 1.25 bits per heavy atom. The lowest BCUT2D eigenvalue weighted by Gasteiger charge is -2.45. The molecule has 6 nitrogen and oxygen atoms in total. The highest BCUT2D eigenvalue weighted by molar-refractivity contribution is 6.16. The third-order valence-corrected chi connectivity index (χ3v) is 9.54. The topological polar surface area (TPSA) is 101 Å². The van der Waals surface area contributed by atoms with Crippen molar-refractivity contribution in [2.75, 3.05) is 19.6 Å². The van der Waals surface area contributed by atoms with Gasteiger partial charge in [-0.15, -0.1) is 0 Å². The normalized spacial score (nSPS) is 40.0. The van der Waals surface area contributed by atoms with Crippen molar-refractivity contribution in [2.45, 2.75) is 138 Å². The Kier molecular flexibility index (Phi) is 10.3. The van der Waals surface area contributed by atoms with E-state index in [4.69, 9.17) is 31.4 Å². The Morgan fingerprint density at radius 2 is 0.850 bits per heavy atom. The SMILES string of the molecule is CC1(C)CC(N)CC(C)(C/N=C/C=N/CC2(C)CC(/N=C/C=N/CC3(C)CC(N)CC(C)(C)C3)CC(C)(C)C2)C1. The van der Waals surface area contributed by atoms with Crippen LogP contribution in [0.25, 0.3) is 0 Å². The van der Waals surface area contributed by atoms with Gasteiger partial charge in [0.15, 0.2) is 0 Å². The van der Waals surface area contributed by atoms with Crippen molar-refractivity contribution in [3.63, 3.8) is 0 Å². The van der Waals surface area contributed by atoms with Gasteiger partial charge in [0.25, 0.3) is 0 Å². The fourth-order valence-electron chi connectivity index (χ4n) is 9.60. The minimum absolute atomic E-state index is 0.134. The van der Waals surface area contributed by atoms with Gasteiger partial charge in [-0.2, -0.15) is 0 Å². The molecule has 0 radical (unpaired) electrons. The monoisotopic (exact) mass is 555 g/mol. The molecule has 228 valence electrons. The molecule has 0 aliphatic heterocycles. The van der Waals surface area contributed by atoms with E-state index in [0.29, 0.717) is 16.9 Å². The molecule has 3 aliphatic rings. The van der Waals surface area contributed by atoms with E-state index in [-0.39, 0.29) is 33.7 Å².